The van der Waals surface area contributed by atoms with E-state index in [9.17, 15) is 4.79 Å². The fraction of sp³-hybridized carbons (Fsp3) is 0.111. The molecule has 0 amide bonds. The summed E-state index contributed by atoms with van der Waals surface area (Å²) in [5.41, 5.74) is 1.01. The molecule has 0 atom stereocenters. The smallest absolute Gasteiger partial charge is 0.327 e. The molecule has 1 heterocycles. The highest BCUT2D eigenvalue weighted by Gasteiger charge is 1.88. The Kier molecular flexibility index (Phi) is 3.02. The molecule has 1 aromatic heterocycles. The number of aromatic nitrogens is 1. The summed E-state index contributed by atoms with van der Waals surface area (Å²) >= 11 is 0. The fourth-order valence-corrected chi connectivity index (χ4v) is 0.815. The zero-order chi connectivity index (χ0) is 8.81. The normalized spacial score (nSPS) is 10.3. The lowest BCUT2D eigenvalue weighted by molar-refractivity contribution is -0.131. The van der Waals surface area contributed by atoms with Gasteiger partial charge in [0.2, 0.25) is 0 Å². The summed E-state index contributed by atoms with van der Waals surface area (Å²) in [6.07, 6.45) is 6.74. The van der Waals surface area contributed by atoms with E-state index < -0.39 is 5.97 Å². The number of hydrogen-bond acceptors (Lipinski definition) is 2. The molecule has 3 nitrogen and oxygen atoms in total. The zero-order valence-corrected chi connectivity index (χ0v) is 6.47. The molecule has 1 aromatic rings. The van der Waals surface area contributed by atoms with E-state index in [2.05, 4.69) is 4.98 Å². The van der Waals surface area contributed by atoms with Crippen LogP contribution < -0.4 is 0 Å². The van der Waals surface area contributed by atoms with Crippen molar-refractivity contribution in [1.82, 2.24) is 4.98 Å². The molecule has 0 spiro atoms. The van der Waals surface area contributed by atoms with Crippen LogP contribution in [-0.2, 0) is 11.2 Å². The molecule has 0 radical (unpaired) electrons. The molecule has 3 heteroatoms. The van der Waals surface area contributed by atoms with Crippen LogP contribution in [-0.4, -0.2) is 16.1 Å². The van der Waals surface area contributed by atoms with Gasteiger partial charge in [0, 0.05) is 18.5 Å². The summed E-state index contributed by atoms with van der Waals surface area (Å²) in [5, 5.41) is 8.29. The highest BCUT2D eigenvalue weighted by atomic mass is 16.4. The molecule has 1 rings (SSSR count). The van der Waals surface area contributed by atoms with Gasteiger partial charge in [-0.25, -0.2) is 4.79 Å². The molecule has 0 bridgehead atoms. The molecule has 0 saturated heterocycles. The number of hydrogen-bond donors (Lipinski definition) is 1. The summed E-state index contributed by atoms with van der Waals surface area (Å²) in [6.45, 7) is 0. The summed E-state index contributed by atoms with van der Waals surface area (Å²) in [5.74, 6) is -0.918. The van der Waals surface area contributed by atoms with Gasteiger partial charge in [0.25, 0.3) is 0 Å². The summed E-state index contributed by atoms with van der Waals surface area (Å²) in [6, 6.07) is 3.73. The SMILES string of the molecule is O=C(O)C=CCc1cccnc1. The summed E-state index contributed by atoms with van der Waals surface area (Å²) in [4.78, 5) is 14.0. The van der Waals surface area contributed by atoms with Crippen molar-refractivity contribution in [3.8, 4) is 0 Å². The van der Waals surface area contributed by atoms with E-state index in [1.54, 1.807) is 18.5 Å². The Labute approximate surface area is 70.4 Å². The second-order valence-corrected chi connectivity index (χ2v) is 2.31. The van der Waals surface area contributed by atoms with Crippen molar-refractivity contribution in [1.29, 1.82) is 0 Å². The molecule has 0 unspecified atom stereocenters. The Morgan fingerprint density at radius 3 is 3.08 bits per heavy atom. The number of allylic oxidation sites excluding steroid dienone is 1. The summed E-state index contributed by atoms with van der Waals surface area (Å²) in [7, 11) is 0. The number of pyridine rings is 1. The molecule has 0 fully saturated rings. The molecular formula is C9H9NO2. The lowest BCUT2D eigenvalue weighted by Crippen LogP contribution is -1.87. The maximum Gasteiger partial charge on any atom is 0.327 e. The van der Waals surface area contributed by atoms with Crippen molar-refractivity contribution >= 4 is 5.97 Å². The molecule has 0 aromatic carbocycles. The average molecular weight is 163 g/mol. The monoisotopic (exact) mass is 163 g/mol. The Balaban J connectivity index is 2.49. The number of carbonyl (C=O) groups is 1. The molecule has 0 aliphatic rings. The van der Waals surface area contributed by atoms with E-state index in [1.807, 2.05) is 12.1 Å². The standard InChI is InChI=1S/C9H9NO2/c11-9(12)5-1-3-8-4-2-6-10-7-8/h1-2,4-7H,3H2,(H,11,12). The van der Waals surface area contributed by atoms with Crippen molar-refractivity contribution in [2.45, 2.75) is 6.42 Å². The molecule has 0 aliphatic carbocycles. The molecule has 12 heavy (non-hydrogen) atoms. The zero-order valence-electron chi connectivity index (χ0n) is 6.47. The van der Waals surface area contributed by atoms with Gasteiger partial charge in [-0.1, -0.05) is 12.1 Å². The van der Waals surface area contributed by atoms with Crippen LogP contribution in [0.2, 0.25) is 0 Å². The van der Waals surface area contributed by atoms with E-state index >= 15 is 0 Å². The largest absolute Gasteiger partial charge is 0.478 e. The van der Waals surface area contributed by atoms with Crippen LogP contribution in [0.3, 0.4) is 0 Å². The van der Waals surface area contributed by atoms with Crippen LogP contribution >= 0.6 is 0 Å². The first-order chi connectivity index (χ1) is 5.79. The number of rotatable bonds is 3. The van der Waals surface area contributed by atoms with E-state index in [-0.39, 0.29) is 0 Å². The average Bonchev–Trinajstić information content (AvgIpc) is 2.05. The number of carboxylic acid groups (broad SMARTS) is 1. The molecular weight excluding hydrogens is 154 g/mol. The number of nitrogens with zero attached hydrogens (tertiary/aromatic N) is 1. The second-order valence-electron chi connectivity index (χ2n) is 2.31. The van der Waals surface area contributed by atoms with Crippen molar-refractivity contribution in [3.63, 3.8) is 0 Å². The van der Waals surface area contributed by atoms with Crippen LogP contribution in [0.5, 0.6) is 0 Å². The topological polar surface area (TPSA) is 50.2 Å². The van der Waals surface area contributed by atoms with Crippen LogP contribution in [0.1, 0.15) is 5.56 Å². The molecule has 1 N–H and O–H groups in total. The van der Waals surface area contributed by atoms with E-state index in [1.165, 1.54) is 0 Å². The third-order valence-electron chi connectivity index (χ3n) is 1.34. The van der Waals surface area contributed by atoms with Gasteiger partial charge < -0.3 is 5.11 Å². The van der Waals surface area contributed by atoms with Gasteiger partial charge >= 0.3 is 5.97 Å². The van der Waals surface area contributed by atoms with E-state index in [4.69, 9.17) is 5.11 Å². The van der Waals surface area contributed by atoms with Gasteiger partial charge in [-0.2, -0.15) is 0 Å². The van der Waals surface area contributed by atoms with Crippen molar-refractivity contribution in [2.75, 3.05) is 0 Å². The Morgan fingerprint density at radius 2 is 2.50 bits per heavy atom. The maximum atomic E-state index is 10.1. The van der Waals surface area contributed by atoms with Crippen LogP contribution in [0.4, 0.5) is 0 Å². The van der Waals surface area contributed by atoms with Crippen LogP contribution in [0, 0.1) is 0 Å². The quantitative estimate of drug-likeness (QED) is 0.682. The van der Waals surface area contributed by atoms with Gasteiger partial charge in [-0.3, -0.25) is 4.98 Å². The van der Waals surface area contributed by atoms with Crippen molar-refractivity contribution < 1.29 is 9.90 Å². The third-order valence-corrected chi connectivity index (χ3v) is 1.34. The lowest BCUT2D eigenvalue weighted by atomic mass is 10.2. The molecule has 0 aliphatic heterocycles. The number of carboxylic acids is 1. The Morgan fingerprint density at radius 1 is 1.67 bits per heavy atom. The van der Waals surface area contributed by atoms with Gasteiger partial charge in [-0.05, 0) is 18.1 Å². The molecule has 62 valence electrons. The summed E-state index contributed by atoms with van der Waals surface area (Å²) < 4.78 is 0. The van der Waals surface area contributed by atoms with Crippen molar-refractivity contribution in [3.05, 3.63) is 42.2 Å². The predicted molar refractivity (Wildman–Crippen MR) is 44.7 cm³/mol. The minimum absolute atomic E-state index is 0.611. The third kappa shape index (κ3) is 2.96. The van der Waals surface area contributed by atoms with E-state index in [0.717, 1.165) is 11.6 Å². The van der Waals surface area contributed by atoms with Gasteiger partial charge in [0.1, 0.15) is 0 Å². The minimum Gasteiger partial charge on any atom is -0.478 e. The van der Waals surface area contributed by atoms with E-state index in [0.29, 0.717) is 6.42 Å². The highest BCUT2D eigenvalue weighted by Crippen LogP contribution is 1.97. The second kappa shape index (κ2) is 4.28. The highest BCUT2D eigenvalue weighted by molar-refractivity contribution is 5.79. The van der Waals surface area contributed by atoms with Crippen LogP contribution in [0.15, 0.2) is 36.7 Å². The minimum atomic E-state index is -0.918. The predicted octanol–water partition coefficient (Wildman–Crippen LogP) is 1.26. The first-order valence-corrected chi connectivity index (χ1v) is 3.57. The van der Waals surface area contributed by atoms with Crippen LogP contribution in [0.25, 0.3) is 0 Å². The Bertz CT molecular complexity index is 280. The fourth-order valence-electron chi connectivity index (χ4n) is 0.815. The number of aliphatic carboxylic acids is 1. The maximum absolute atomic E-state index is 10.1. The first-order valence-electron chi connectivity index (χ1n) is 3.57. The van der Waals surface area contributed by atoms with Gasteiger partial charge in [0.05, 0.1) is 0 Å². The molecule has 0 saturated carbocycles. The van der Waals surface area contributed by atoms with Crippen molar-refractivity contribution in [2.24, 2.45) is 0 Å². The van der Waals surface area contributed by atoms with Gasteiger partial charge in [0.15, 0.2) is 0 Å². The first kappa shape index (κ1) is 8.46. The van der Waals surface area contributed by atoms with Gasteiger partial charge in [-0.15, -0.1) is 0 Å². The lowest BCUT2D eigenvalue weighted by Gasteiger charge is -1.91. The Hall–Kier alpha value is -1.64.